The second-order valence-corrected chi connectivity index (χ2v) is 6.27. The van der Waals surface area contributed by atoms with E-state index in [4.69, 9.17) is 16.3 Å². The molecule has 3 rings (SSSR count). The van der Waals surface area contributed by atoms with Crippen LogP contribution in [-0.2, 0) is 13.7 Å². The number of aromatic nitrogens is 4. The minimum absolute atomic E-state index is 0.238. The molecule has 0 bridgehead atoms. The summed E-state index contributed by atoms with van der Waals surface area (Å²) in [6, 6.07) is 11.3. The van der Waals surface area contributed by atoms with E-state index in [0.717, 1.165) is 16.7 Å². The van der Waals surface area contributed by atoms with Gasteiger partial charge in [0.2, 0.25) is 0 Å². The van der Waals surface area contributed by atoms with E-state index >= 15 is 0 Å². The zero-order chi connectivity index (χ0) is 18.7. The van der Waals surface area contributed by atoms with Gasteiger partial charge in [0, 0.05) is 12.6 Å². The minimum atomic E-state index is -0.322. The molecule has 6 nitrogen and oxygen atoms in total. The molecular weight excluding hydrogens is 352 g/mol. The van der Waals surface area contributed by atoms with E-state index in [1.807, 2.05) is 56.3 Å². The van der Waals surface area contributed by atoms with Gasteiger partial charge < -0.3 is 4.74 Å². The van der Waals surface area contributed by atoms with E-state index in [0.29, 0.717) is 16.5 Å². The normalized spacial score (nSPS) is 11.2. The maximum Gasteiger partial charge on any atom is 0.368 e. The zero-order valence-corrected chi connectivity index (χ0v) is 15.6. The predicted octanol–water partition coefficient (Wildman–Crippen LogP) is 3.54. The van der Waals surface area contributed by atoms with E-state index < -0.39 is 0 Å². The van der Waals surface area contributed by atoms with E-state index in [1.54, 1.807) is 13.1 Å². The Kier molecular flexibility index (Phi) is 5.23. The standard InChI is InChI=1S/C19H19ClN4O2/c1-4-6-14-7-5-8-17(24-19(25)23(3)21-22-24)15(14)12-26-18-11-13(2)9-10-16(18)20/h4-11H,12H2,1-3H3/b6-4+. The lowest BCUT2D eigenvalue weighted by atomic mass is 10.1. The van der Waals surface area contributed by atoms with Crippen molar-refractivity contribution >= 4 is 17.7 Å². The fourth-order valence-corrected chi connectivity index (χ4v) is 2.79. The van der Waals surface area contributed by atoms with Crippen molar-refractivity contribution in [3.8, 4) is 11.4 Å². The summed E-state index contributed by atoms with van der Waals surface area (Å²) in [5.74, 6) is 0.597. The van der Waals surface area contributed by atoms with Crippen molar-refractivity contribution < 1.29 is 4.74 Å². The molecule has 0 spiro atoms. The van der Waals surface area contributed by atoms with Gasteiger partial charge >= 0.3 is 5.69 Å². The average molecular weight is 371 g/mol. The van der Waals surface area contributed by atoms with Crippen molar-refractivity contribution in [2.75, 3.05) is 0 Å². The Bertz CT molecular complexity index is 1020. The molecule has 0 N–H and O–H groups in total. The van der Waals surface area contributed by atoms with Crippen LogP contribution in [0, 0.1) is 6.92 Å². The molecule has 0 atom stereocenters. The lowest BCUT2D eigenvalue weighted by molar-refractivity contribution is 0.305. The van der Waals surface area contributed by atoms with Gasteiger partial charge in [0.05, 0.1) is 10.7 Å². The molecule has 0 radical (unpaired) electrons. The maximum atomic E-state index is 12.3. The number of hydrogen-bond donors (Lipinski definition) is 0. The number of hydrogen-bond acceptors (Lipinski definition) is 4. The number of tetrazole rings is 1. The Labute approximate surface area is 156 Å². The SMILES string of the molecule is C/C=C/c1cccc(-n2nnn(C)c2=O)c1COc1cc(C)ccc1Cl. The smallest absolute Gasteiger partial charge is 0.368 e. The topological polar surface area (TPSA) is 61.9 Å². The van der Waals surface area contributed by atoms with Crippen LogP contribution in [0.25, 0.3) is 11.8 Å². The van der Waals surface area contributed by atoms with Crippen molar-refractivity contribution in [2.24, 2.45) is 7.05 Å². The van der Waals surface area contributed by atoms with Gasteiger partial charge in [-0.25, -0.2) is 4.79 Å². The van der Waals surface area contributed by atoms with Gasteiger partial charge in [-0.3, -0.25) is 0 Å². The number of aryl methyl sites for hydroxylation is 2. The number of halogens is 1. The van der Waals surface area contributed by atoms with Gasteiger partial charge in [0.25, 0.3) is 0 Å². The second-order valence-electron chi connectivity index (χ2n) is 5.86. The second kappa shape index (κ2) is 7.58. The number of rotatable bonds is 5. The highest BCUT2D eigenvalue weighted by Crippen LogP contribution is 2.28. The van der Waals surface area contributed by atoms with E-state index in [-0.39, 0.29) is 12.3 Å². The molecule has 0 aliphatic carbocycles. The summed E-state index contributed by atoms with van der Waals surface area (Å²) in [4.78, 5) is 12.3. The summed E-state index contributed by atoms with van der Waals surface area (Å²) in [5, 5.41) is 8.28. The first kappa shape index (κ1) is 17.9. The molecule has 0 fully saturated rings. The highest BCUT2D eigenvalue weighted by molar-refractivity contribution is 6.32. The third-order valence-electron chi connectivity index (χ3n) is 3.94. The Morgan fingerprint density at radius 2 is 2.04 bits per heavy atom. The largest absolute Gasteiger partial charge is 0.487 e. The molecule has 0 amide bonds. The van der Waals surface area contributed by atoms with Crippen molar-refractivity contribution in [1.29, 1.82) is 0 Å². The number of allylic oxidation sites excluding steroid dienone is 1. The molecule has 0 saturated heterocycles. The number of benzene rings is 2. The van der Waals surface area contributed by atoms with Gasteiger partial charge in [0.15, 0.2) is 0 Å². The third-order valence-corrected chi connectivity index (χ3v) is 4.25. The van der Waals surface area contributed by atoms with Crippen LogP contribution in [0.3, 0.4) is 0 Å². The van der Waals surface area contributed by atoms with Gasteiger partial charge in [-0.2, -0.15) is 9.36 Å². The van der Waals surface area contributed by atoms with E-state index in [2.05, 4.69) is 10.4 Å². The Balaban J connectivity index is 2.05. The summed E-state index contributed by atoms with van der Waals surface area (Å²) >= 11 is 6.23. The third kappa shape index (κ3) is 3.55. The highest BCUT2D eigenvalue weighted by Gasteiger charge is 2.15. The highest BCUT2D eigenvalue weighted by atomic mass is 35.5. The molecule has 1 heterocycles. The molecule has 1 aromatic heterocycles. The molecule has 0 aliphatic rings. The van der Waals surface area contributed by atoms with Crippen molar-refractivity contribution in [2.45, 2.75) is 20.5 Å². The molecule has 0 unspecified atom stereocenters. The van der Waals surface area contributed by atoms with Crippen LogP contribution in [0.4, 0.5) is 0 Å². The summed E-state index contributed by atoms with van der Waals surface area (Å²) in [6.07, 6.45) is 3.89. The molecule has 26 heavy (non-hydrogen) atoms. The van der Waals surface area contributed by atoms with Crippen LogP contribution >= 0.6 is 11.6 Å². The fraction of sp³-hybridized carbons (Fsp3) is 0.211. The van der Waals surface area contributed by atoms with Crippen LogP contribution < -0.4 is 10.4 Å². The monoisotopic (exact) mass is 370 g/mol. The van der Waals surface area contributed by atoms with Crippen molar-refractivity contribution in [1.82, 2.24) is 19.8 Å². The number of ether oxygens (including phenoxy) is 1. The molecule has 134 valence electrons. The maximum absolute atomic E-state index is 12.3. The summed E-state index contributed by atoms with van der Waals surface area (Å²) < 4.78 is 8.42. The Morgan fingerprint density at radius 1 is 1.23 bits per heavy atom. The van der Waals surface area contributed by atoms with Crippen LogP contribution in [0.15, 0.2) is 47.3 Å². The molecular formula is C19H19ClN4O2. The Morgan fingerprint density at radius 3 is 2.73 bits per heavy atom. The van der Waals surface area contributed by atoms with Crippen LogP contribution in [0.1, 0.15) is 23.6 Å². The van der Waals surface area contributed by atoms with Crippen molar-refractivity contribution in [3.63, 3.8) is 0 Å². The first-order valence-corrected chi connectivity index (χ1v) is 8.52. The van der Waals surface area contributed by atoms with Gasteiger partial charge in [-0.05, 0) is 53.6 Å². The quantitative estimate of drug-likeness (QED) is 0.689. The summed E-state index contributed by atoms with van der Waals surface area (Å²) in [5.41, 5.74) is 3.12. The molecule has 7 heteroatoms. The van der Waals surface area contributed by atoms with Gasteiger partial charge in [-0.1, -0.05) is 42.0 Å². The molecule has 2 aromatic carbocycles. The molecule has 0 saturated carbocycles. The average Bonchev–Trinajstić information content (AvgIpc) is 2.95. The Hall–Kier alpha value is -2.86. The summed E-state index contributed by atoms with van der Waals surface area (Å²) in [7, 11) is 1.56. The lowest BCUT2D eigenvalue weighted by Gasteiger charge is -2.14. The predicted molar refractivity (Wildman–Crippen MR) is 102 cm³/mol. The lowest BCUT2D eigenvalue weighted by Crippen LogP contribution is -2.23. The van der Waals surface area contributed by atoms with Gasteiger partial charge in [-0.15, -0.1) is 0 Å². The van der Waals surface area contributed by atoms with Crippen LogP contribution in [0.5, 0.6) is 5.75 Å². The van der Waals surface area contributed by atoms with Crippen molar-refractivity contribution in [3.05, 3.63) is 74.7 Å². The van der Waals surface area contributed by atoms with Gasteiger partial charge in [0.1, 0.15) is 12.4 Å². The van der Waals surface area contributed by atoms with E-state index in [1.165, 1.54) is 9.36 Å². The van der Waals surface area contributed by atoms with E-state index in [9.17, 15) is 4.79 Å². The zero-order valence-electron chi connectivity index (χ0n) is 14.8. The first-order chi connectivity index (χ1) is 12.5. The molecule has 0 aliphatic heterocycles. The van der Waals surface area contributed by atoms with Crippen LogP contribution in [-0.4, -0.2) is 19.8 Å². The van der Waals surface area contributed by atoms with Crippen LogP contribution in [0.2, 0.25) is 5.02 Å². The summed E-state index contributed by atoms with van der Waals surface area (Å²) in [6.45, 7) is 4.15. The minimum Gasteiger partial charge on any atom is -0.487 e. The fourth-order valence-electron chi connectivity index (χ4n) is 2.62. The number of nitrogens with zero attached hydrogens (tertiary/aromatic N) is 4. The molecule has 3 aromatic rings. The first-order valence-electron chi connectivity index (χ1n) is 8.14.